The highest BCUT2D eigenvalue weighted by Gasteiger charge is 2.26. The van der Waals surface area contributed by atoms with Gasteiger partial charge in [0.25, 0.3) is 5.69 Å². The summed E-state index contributed by atoms with van der Waals surface area (Å²) in [4.78, 5) is 21.2. The first-order valence-electron chi connectivity index (χ1n) is 6.76. The quantitative estimate of drug-likeness (QED) is 0.668. The molecule has 0 bridgehead atoms. The third kappa shape index (κ3) is 3.72. The number of nitrogens with zero attached hydrogens (tertiary/aromatic N) is 1. The summed E-state index contributed by atoms with van der Waals surface area (Å²) >= 11 is 1.29. The van der Waals surface area contributed by atoms with Crippen molar-refractivity contribution in [1.82, 2.24) is 0 Å². The number of aromatic carboxylic acids is 1. The normalized spacial score (nSPS) is 22.0. The van der Waals surface area contributed by atoms with Gasteiger partial charge < -0.3 is 5.11 Å². The molecule has 1 fully saturated rings. The molecule has 1 N–H and O–H groups in total. The molecule has 0 heterocycles. The number of rotatable bonds is 4. The van der Waals surface area contributed by atoms with Crippen molar-refractivity contribution in [3.63, 3.8) is 0 Å². The van der Waals surface area contributed by atoms with Gasteiger partial charge in [0.15, 0.2) is 0 Å². The van der Waals surface area contributed by atoms with Gasteiger partial charge in [-0.05, 0) is 24.8 Å². The molecule has 0 radical (unpaired) electrons. The topological polar surface area (TPSA) is 80.4 Å². The number of thioether (sulfide) groups is 1. The van der Waals surface area contributed by atoms with Gasteiger partial charge in [-0.15, -0.1) is 11.8 Å². The molecular weight excluding hydrogens is 297 g/mol. The number of nitro groups is 1. The van der Waals surface area contributed by atoms with E-state index in [1.807, 2.05) is 0 Å². The Morgan fingerprint density at radius 1 is 1.48 bits per heavy atom. The van der Waals surface area contributed by atoms with Gasteiger partial charge in [-0.3, -0.25) is 10.1 Å². The zero-order valence-corrected chi connectivity index (χ0v) is 12.4. The summed E-state index contributed by atoms with van der Waals surface area (Å²) in [5, 5.41) is 20.1. The van der Waals surface area contributed by atoms with Crippen LogP contribution >= 0.6 is 11.8 Å². The summed E-state index contributed by atoms with van der Waals surface area (Å²) in [6, 6.07) is 1.79. The molecule has 0 aliphatic heterocycles. The van der Waals surface area contributed by atoms with Crippen molar-refractivity contribution < 1.29 is 19.2 Å². The number of carboxylic acids is 1. The molecule has 0 spiro atoms. The van der Waals surface area contributed by atoms with Crippen molar-refractivity contribution in [3.8, 4) is 0 Å². The lowest BCUT2D eigenvalue weighted by Crippen LogP contribution is -2.15. The molecule has 0 amide bonds. The molecule has 1 saturated carbocycles. The number of hydrogen-bond acceptors (Lipinski definition) is 4. The van der Waals surface area contributed by atoms with Crippen molar-refractivity contribution in [1.29, 1.82) is 0 Å². The van der Waals surface area contributed by atoms with E-state index >= 15 is 0 Å². The maximum absolute atomic E-state index is 14.0. The van der Waals surface area contributed by atoms with Crippen LogP contribution in [0.2, 0.25) is 0 Å². The predicted octanol–water partition coefficient (Wildman–Crippen LogP) is 4.10. The van der Waals surface area contributed by atoms with E-state index in [1.165, 1.54) is 11.8 Å². The van der Waals surface area contributed by atoms with E-state index in [0.717, 1.165) is 31.7 Å². The SMILES string of the molecule is CC1CCCC(Sc2cc(C(=O)O)c([N+](=O)[O-])cc2F)C1. The average Bonchev–Trinajstić information content (AvgIpc) is 2.40. The molecule has 0 saturated heterocycles. The van der Waals surface area contributed by atoms with Crippen LogP contribution in [0.15, 0.2) is 17.0 Å². The Labute approximate surface area is 125 Å². The molecule has 1 aliphatic carbocycles. The van der Waals surface area contributed by atoms with Crippen LogP contribution in [0, 0.1) is 21.8 Å². The van der Waals surface area contributed by atoms with E-state index < -0.39 is 28.0 Å². The molecule has 114 valence electrons. The third-order valence-electron chi connectivity index (χ3n) is 3.66. The van der Waals surface area contributed by atoms with Crippen LogP contribution in [0.1, 0.15) is 43.0 Å². The molecule has 2 atom stereocenters. The first-order valence-corrected chi connectivity index (χ1v) is 7.64. The molecule has 7 heteroatoms. The molecule has 1 aromatic rings. The van der Waals surface area contributed by atoms with Crippen LogP contribution < -0.4 is 0 Å². The highest BCUT2D eigenvalue weighted by molar-refractivity contribution is 8.00. The van der Waals surface area contributed by atoms with Crippen molar-refractivity contribution in [2.75, 3.05) is 0 Å². The van der Waals surface area contributed by atoms with Crippen molar-refractivity contribution in [2.45, 2.75) is 42.8 Å². The van der Waals surface area contributed by atoms with E-state index in [4.69, 9.17) is 5.11 Å². The van der Waals surface area contributed by atoms with Crippen LogP contribution in [0.25, 0.3) is 0 Å². The molecule has 0 aromatic heterocycles. The minimum Gasteiger partial charge on any atom is -0.477 e. The Kier molecular flexibility index (Phi) is 4.82. The van der Waals surface area contributed by atoms with Crippen molar-refractivity contribution in [3.05, 3.63) is 33.6 Å². The maximum atomic E-state index is 14.0. The number of carboxylic acid groups (broad SMARTS) is 1. The maximum Gasteiger partial charge on any atom is 0.342 e. The zero-order chi connectivity index (χ0) is 15.6. The van der Waals surface area contributed by atoms with Crippen LogP contribution in [0.5, 0.6) is 0 Å². The van der Waals surface area contributed by atoms with Gasteiger partial charge in [0.1, 0.15) is 11.4 Å². The second-order valence-electron chi connectivity index (χ2n) is 5.37. The lowest BCUT2D eigenvalue weighted by molar-refractivity contribution is -0.385. The number of benzene rings is 1. The largest absolute Gasteiger partial charge is 0.477 e. The monoisotopic (exact) mass is 313 g/mol. The Morgan fingerprint density at radius 3 is 2.76 bits per heavy atom. The van der Waals surface area contributed by atoms with Crippen LogP contribution in [-0.4, -0.2) is 21.2 Å². The molecule has 5 nitrogen and oxygen atoms in total. The van der Waals surface area contributed by atoms with E-state index in [9.17, 15) is 19.3 Å². The molecule has 2 rings (SSSR count). The number of halogens is 1. The Morgan fingerprint density at radius 2 is 2.19 bits per heavy atom. The fourth-order valence-electron chi connectivity index (χ4n) is 2.62. The Bertz CT molecular complexity index is 578. The summed E-state index contributed by atoms with van der Waals surface area (Å²) in [6.45, 7) is 2.14. The molecule has 1 aliphatic rings. The summed E-state index contributed by atoms with van der Waals surface area (Å²) in [5.74, 6) is -1.58. The van der Waals surface area contributed by atoms with Gasteiger partial charge in [-0.1, -0.05) is 19.8 Å². The molecule has 1 aromatic carbocycles. The van der Waals surface area contributed by atoms with Gasteiger partial charge in [-0.2, -0.15) is 0 Å². The Hall–Kier alpha value is -1.63. The number of hydrogen-bond donors (Lipinski definition) is 1. The van der Waals surface area contributed by atoms with Gasteiger partial charge in [0.05, 0.1) is 11.0 Å². The number of nitro benzene ring substituents is 1. The first kappa shape index (κ1) is 15.8. The van der Waals surface area contributed by atoms with Crippen molar-refractivity contribution >= 4 is 23.4 Å². The minimum atomic E-state index is -1.42. The van der Waals surface area contributed by atoms with Crippen LogP contribution in [-0.2, 0) is 0 Å². The lowest BCUT2D eigenvalue weighted by atomic mass is 9.91. The average molecular weight is 313 g/mol. The molecular formula is C14H16FNO4S. The van der Waals surface area contributed by atoms with E-state index in [-0.39, 0.29) is 10.1 Å². The van der Waals surface area contributed by atoms with Gasteiger partial charge in [-0.25, -0.2) is 9.18 Å². The minimum absolute atomic E-state index is 0.178. The van der Waals surface area contributed by atoms with Crippen molar-refractivity contribution in [2.24, 2.45) is 5.92 Å². The molecule has 2 unspecified atom stereocenters. The molecule has 21 heavy (non-hydrogen) atoms. The summed E-state index contributed by atoms with van der Waals surface area (Å²) in [6.07, 6.45) is 4.12. The van der Waals surface area contributed by atoms with E-state index in [1.54, 1.807) is 0 Å². The lowest BCUT2D eigenvalue weighted by Gasteiger charge is -2.26. The van der Waals surface area contributed by atoms with Gasteiger partial charge in [0, 0.05) is 10.1 Å². The fourth-order valence-corrected chi connectivity index (χ4v) is 4.05. The Balaban J connectivity index is 2.29. The van der Waals surface area contributed by atoms with Crippen LogP contribution in [0.3, 0.4) is 0 Å². The number of carbonyl (C=O) groups is 1. The highest BCUT2D eigenvalue weighted by Crippen LogP contribution is 2.38. The van der Waals surface area contributed by atoms with E-state index in [0.29, 0.717) is 12.0 Å². The van der Waals surface area contributed by atoms with Gasteiger partial charge in [0.2, 0.25) is 0 Å². The van der Waals surface area contributed by atoms with E-state index in [2.05, 4.69) is 6.92 Å². The predicted molar refractivity (Wildman–Crippen MR) is 77.3 cm³/mol. The summed E-state index contributed by atoms with van der Waals surface area (Å²) in [7, 11) is 0. The summed E-state index contributed by atoms with van der Waals surface area (Å²) in [5.41, 5.74) is -1.17. The smallest absolute Gasteiger partial charge is 0.342 e. The summed E-state index contributed by atoms with van der Waals surface area (Å²) < 4.78 is 14.0. The fraction of sp³-hybridized carbons (Fsp3) is 0.500. The second-order valence-corrected chi connectivity index (χ2v) is 6.72. The zero-order valence-electron chi connectivity index (χ0n) is 11.5. The third-order valence-corrected chi connectivity index (χ3v) is 4.99. The second kappa shape index (κ2) is 6.43. The standard InChI is InChI=1S/C14H16FNO4S/c1-8-3-2-4-9(5-8)21-13-6-10(14(17)18)12(16(19)20)7-11(13)15/h6-9H,2-5H2,1H3,(H,17,18). The van der Waals surface area contributed by atoms with Crippen LogP contribution in [0.4, 0.5) is 10.1 Å². The highest BCUT2D eigenvalue weighted by atomic mass is 32.2. The van der Waals surface area contributed by atoms with Gasteiger partial charge >= 0.3 is 5.97 Å². The first-order chi connectivity index (χ1) is 9.88.